The van der Waals surface area contributed by atoms with Crippen LogP contribution in [-0.4, -0.2) is 19.2 Å². The molecule has 3 aliphatic rings. The highest BCUT2D eigenvalue weighted by atomic mass is 16.5. The van der Waals surface area contributed by atoms with Gasteiger partial charge in [-0.15, -0.1) is 0 Å². The van der Waals surface area contributed by atoms with Crippen LogP contribution >= 0.6 is 0 Å². The molecule has 2 amide bonds. The number of nitrogens with one attached hydrogen (secondary N) is 2. The largest absolute Gasteiger partial charge is 0.380 e. The second-order valence-electron chi connectivity index (χ2n) is 7.79. The number of methoxy groups -OCH3 is 1. The van der Waals surface area contributed by atoms with Crippen molar-refractivity contribution in [3.05, 3.63) is 35.4 Å². The highest BCUT2D eigenvalue weighted by molar-refractivity contribution is 5.74. The van der Waals surface area contributed by atoms with Crippen LogP contribution in [0.2, 0.25) is 0 Å². The second-order valence-corrected chi connectivity index (χ2v) is 7.79. The van der Waals surface area contributed by atoms with E-state index in [9.17, 15) is 4.79 Å². The summed E-state index contributed by atoms with van der Waals surface area (Å²) in [7, 11) is 1.70. The van der Waals surface area contributed by atoms with E-state index in [0.29, 0.717) is 19.2 Å². The van der Waals surface area contributed by atoms with Crippen LogP contribution in [0.15, 0.2) is 24.3 Å². The Labute approximate surface area is 144 Å². The topological polar surface area (TPSA) is 50.4 Å². The standard InChI is InChI=1S/C20H28N2O2/c1-24-12-14-6-3-2-5-13(14)11-21-20(23)22-19-10-15-9-18(19)17-8-4-7-16(15)17/h2-3,5-6,15-19H,4,7-12H2,1H3,(H2,21,22,23)/t15-,16+,17-,18+,19-/m1/s1. The normalized spacial score (nSPS) is 33.5. The summed E-state index contributed by atoms with van der Waals surface area (Å²) in [5.74, 6) is 3.46. The molecule has 0 heterocycles. The van der Waals surface area contributed by atoms with Crippen molar-refractivity contribution in [3.8, 4) is 0 Å². The fourth-order valence-electron chi connectivity index (χ4n) is 5.66. The summed E-state index contributed by atoms with van der Waals surface area (Å²) in [6.45, 7) is 1.13. The van der Waals surface area contributed by atoms with Gasteiger partial charge in [0.05, 0.1) is 6.61 Å². The maximum absolute atomic E-state index is 12.4. The van der Waals surface area contributed by atoms with Gasteiger partial charge in [-0.3, -0.25) is 0 Å². The zero-order valence-corrected chi connectivity index (χ0v) is 14.5. The lowest BCUT2D eigenvalue weighted by Gasteiger charge is -2.32. The Morgan fingerprint density at radius 3 is 2.75 bits per heavy atom. The molecule has 0 saturated heterocycles. The molecule has 0 radical (unpaired) electrons. The molecule has 2 bridgehead atoms. The van der Waals surface area contributed by atoms with Crippen LogP contribution in [0.1, 0.15) is 43.2 Å². The summed E-state index contributed by atoms with van der Waals surface area (Å²) < 4.78 is 5.23. The Kier molecular flexibility index (Phi) is 4.49. The minimum atomic E-state index is -0.0192. The van der Waals surface area contributed by atoms with Gasteiger partial charge in [-0.1, -0.05) is 30.7 Å². The molecule has 3 saturated carbocycles. The summed E-state index contributed by atoms with van der Waals surface area (Å²) in [5.41, 5.74) is 2.26. The van der Waals surface area contributed by atoms with Crippen LogP contribution in [-0.2, 0) is 17.9 Å². The lowest BCUT2D eigenvalue weighted by Crippen LogP contribution is -2.46. The van der Waals surface area contributed by atoms with E-state index < -0.39 is 0 Å². The molecule has 24 heavy (non-hydrogen) atoms. The van der Waals surface area contributed by atoms with Crippen molar-refractivity contribution in [1.29, 1.82) is 0 Å². The first-order valence-electron chi connectivity index (χ1n) is 9.36. The Bertz CT molecular complexity index is 603. The monoisotopic (exact) mass is 328 g/mol. The molecular formula is C20H28N2O2. The molecule has 2 N–H and O–H groups in total. The van der Waals surface area contributed by atoms with E-state index in [1.807, 2.05) is 12.1 Å². The summed E-state index contributed by atoms with van der Waals surface area (Å²) in [6, 6.07) is 8.48. The summed E-state index contributed by atoms with van der Waals surface area (Å²) in [4.78, 5) is 12.4. The predicted octanol–water partition coefficient (Wildman–Crippen LogP) is 3.46. The maximum atomic E-state index is 12.4. The van der Waals surface area contributed by atoms with Crippen molar-refractivity contribution in [2.24, 2.45) is 23.7 Å². The minimum Gasteiger partial charge on any atom is -0.380 e. The van der Waals surface area contributed by atoms with Gasteiger partial charge in [0.15, 0.2) is 0 Å². The maximum Gasteiger partial charge on any atom is 0.315 e. The Morgan fingerprint density at radius 2 is 1.92 bits per heavy atom. The SMILES string of the molecule is COCc1ccccc1CNC(=O)N[C@@H]1C[C@H]2C[C@H]1[C@@H]1CCC[C@@H]21. The number of hydrogen-bond donors (Lipinski definition) is 2. The van der Waals surface area contributed by atoms with Crippen molar-refractivity contribution in [2.75, 3.05) is 7.11 Å². The number of fused-ring (bicyclic) bond motifs is 5. The Balaban J connectivity index is 1.30. The molecule has 0 spiro atoms. The van der Waals surface area contributed by atoms with Crippen molar-refractivity contribution in [3.63, 3.8) is 0 Å². The van der Waals surface area contributed by atoms with Crippen LogP contribution < -0.4 is 10.6 Å². The van der Waals surface area contributed by atoms with Gasteiger partial charge in [0, 0.05) is 19.7 Å². The zero-order valence-electron chi connectivity index (χ0n) is 14.5. The highest BCUT2D eigenvalue weighted by Gasteiger charge is 2.53. The van der Waals surface area contributed by atoms with Crippen LogP contribution in [0.25, 0.3) is 0 Å². The molecule has 0 aliphatic heterocycles. The fourth-order valence-corrected chi connectivity index (χ4v) is 5.66. The fraction of sp³-hybridized carbons (Fsp3) is 0.650. The van der Waals surface area contributed by atoms with Crippen molar-refractivity contribution < 1.29 is 9.53 Å². The average molecular weight is 328 g/mol. The van der Waals surface area contributed by atoms with E-state index in [0.717, 1.165) is 34.8 Å². The molecule has 1 aromatic carbocycles. The predicted molar refractivity (Wildman–Crippen MR) is 93.4 cm³/mol. The lowest BCUT2D eigenvalue weighted by molar-refractivity contribution is 0.183. The number of rotatable bonds is 5. The summed E-state index contributed by atoms with van der Waals surface area (Å²) in [6.07, 6.45) is 6.76. The van der Waals surface area contributed by atoms with Crippen LogP contribution in [0.3, 0.4) is 0 Å². The van der Waals surface area contributed by atoms with E-state index in [2.05, 4.69) is 22.8 Å². The molecule has 0 unspecified atom stereocenters. The van der Waals surface area contributed by atoms with Gasteiger partial charge in [0.1, 0.15) is 0 Å². The van der Waals surface area contributed by atoms with E-state index in [4.69, 9.17) is 4.74 Å². The summed E-state index contributed by atoms with van der Waals surface area (Å²) >= 11 is 0. The smallest absolute Gasteiger partial charge is 0.315 e. The first-order chi connectivity index (χ1) is 11.8. The molecule has 4 heteroatoms. The zero-order chi connectivity index (χ0) is 16.5. The molecular weight excluding hydrogens is 300 g/mol. The average Bonchev–Trinajstić information content (AvgIpc) is 3.27. The van der Waals surface area contributed by atoms with E-state index in [1.54, 1.807) is 7.11 Å². The van der Waals surface area contributed by atoms with E-state index in [1.165, 1.54) is 32.1 Å². The van der Waals surface area contributed by atoms with Gasteiger partial charge < -0.3 is 15.4 Å². The van der Waals surface area contributed by atoms with Crippen molar-refractivity contribution in [2.45, 2.75) is 51.3 Å². The second kappa shape index (κ2) is 6.75. The molecule has 1 aromatic rings. The van der Waals surface area contributed by atoms with Gasteiger partial charge in [0.25, 0.3) is 0 Å². The number of benzene rings is 1. The molecule has 3 aliphatic carbocycles. The Hall–Kier alpha value is -1.55. The van der Waals surface area contributed by atoms with Crippen LogP contribution in [0.4, 0.5) is 4.79 Å². The number of carbonyl (C=O) groups is 1. The van der Waals surface area contributed by atoms with Gasteiger partial charge in [-0.05, 0) is 60.5 Å². The highest BCUT2D eigenvalue weighted by Crippen LogP contribution is 2.58. The van der Waals surface area contributed by atoms with Gasteiger partial charge in [0.2, 0.25) is 0 Å². The molecule has 5 atom stereocenters. The molecule has 0 aromatic heterocycles. The third-order valence-corrected chi connectivity index (χ3v) is 6.60. The minimum absolute atomic E-state index is 0.0192. The number of urea groups is 1. The lowest BCUT2D eigenvalue weighted by atomic mass is 9.79. The van der Waals surface area contributed by atoms with Crippen LogP contribution in [0, 0.1) is 23.7 Å². The molecule has 130 valence electrons. The first-order valence-corrected chi connectivity index (χ1v) is 9.36. The number of ether oxygens (including phenoxy) is 1. The molecule has 4 nitrogen and oxygen atoms in total. The van der Waals surface area contributed by atoms with Gasteiger partial charge in [-0.25, -0.2) is 4.79 Å². The van der Waals surface area contributed by atoms with Crippen LogP contribution in [0.5, 0.6) is 0 Å². The van der Waals surface area contributed by atoms with Crippen molar-refractivity contribution >= 4 is 6.03 Å². The third kappa shape index (κ3) is 2.92. The first kappa shape index (κ1) is 15.9. The number of hydrogen-bond acceptors (Lipinski definition) is 2. The van der Waals surface area contributed by atoms with Gasteiger partial charge in [-0.2, -0.15) is 0 Å². The van der Waals surface area contributed by atoms with Crippen molar-refractivity contribution in [1.82, 2.24) is 10.6 Å². The number of amides is 2. The quantitative estimate of drug-likeness (QED) is 0.870. The van der Waals surface area contributed by atoms with E-state index in [-0.39, 0.29) is 6.03 Å². The van der Waals surface area contributed by atoms with E-state index >= 15 is 0 Å². The Morgan fingerprint density at radius 1 is 1.12 bits per heavy atom. The van der Waals surface area contributed by atoms with Gasteiger partial charge >= 0.3 is 6.03 Å². The third-order valence-electron chi connectivity index (χ3n) is 6.60. The summed E-state index contributed by atoms with van der Waals surface area (Å²) in [5, 5.41) is 6.30. The molecule has 4 rings (SSSR count). The molecule has 3 fully saturated rings. The number of carbonyl (C=O) groups excluding carboxylic acids is 1.